The van der Waals surface area contributed by atoms with E-state index in [0.29, 0.717) is 0 Å². The van der Waals surface area contributed by atoms with Crippen LogP contribution in [0.5, 0.6) is 0 Å². The lowest BCUT2D eigenvalue weighted by Crippen LogP contribution is -2.28. The number of nitrogens with two attached hydrogens (primary N) is 1. The van der Waals surface area contributed by atoms with Crippen LogP contribution in [-0.4, -0.2) is 11.4 Å². The van der Waals surface area contributed by atoms with Gasteiger partial charge in [-0.25, -0.2) is 0 Å². The summed E-state index contributed by atoms with van der Waals surface area (Å²) in [5.74, 6) is 0.0988. The van der Waals surface area contributed by atoms with Gasteiger partial charge in [0.25, 0.3) is 0 Å². The van der Waals surface area contributed by atoms with E-state index in [1.165, 1.54) is 0 Å². The van der Waals surface area contributed by atoms with Gasteiger partial charge in [-0.3, -0.25) is 5.41 Å². The second kappa shape index (κ2) is 3.93. The van der Waals surface area contributed by atoms with Crippen LogP contribution in [0, 0.1) is 12.3 Å². The predicted molar refractivity (Wildman–Crippen MR) is 65.6 cm³/mol. The maximum Gasteiger partial charge on any atom is 0.124 e. The molecule has 0 bridgehead atoms. The lowest BCUT2D eigenvalue weighted by molar-refractivity contribution is 0.634. The molecule has 0 spiro atoms. The van der Waals surface area contributed by atoms with Gasteiger partial charge in [-0.1, -0.05) is 6.07 Å². The van der Waals surface area contributed by atoms with Gasteiger partial charge in [0.05, 0.1) is 0 Å². The monoisotopic (exact) mass is 205 g/mol. The molecule has 0 saturated carbocycles. The van der Waals surface area contributed by atoms with Gasteiger partial charge < -0.3 is 11.1 Å². The minimum absolute atomic E-state index is 0.0298. The molecule has 0 heterocycles. The number of benzene rings is 1. The van der Waals surface area contributed by atoms with E-state index >= 15 is 0 Å². The first-order valence-corrected chi connectivity index (χ1v) is 5.03. The number of hydrogen-bond donors (Lipinski definition) is 3. The number of hydrogen-bond acceptors (Lipinski definition) is 2. The number of aryl methyl sites for hydroxylation is 1. The first-order valence-electron chi connectivity index (χ1n) is 5.03. The van der Waals surface area contributed by atoms with Crippen LogP contribution in [-0.2, 0) is 0 Å². The molecule has 1 rings (SSSR count). The molecule has 4 N–H and O–H groups in total. The lowest BCUT2D eigenvalue weighted by Gasteiger charge is -2.24. The average molecular weight is 205 g/mol. The van der Waals surface area contributed by atoms with Crippen molar-refractivity contribution in [2.24, 2.45) is 5.73 Å². The summed E-state index contributed by atoms with van der Waals surface area (Å²) in [6, 6.07) is 5.86. The largest absolute Gasteiger partial charge is 0.384 e. The molecule has 0 aromatic heterocycles. The van der Waals surface area contributed by atoms with Crippen molar-refractivity contribution >= 4 is 11.5 Å². The summed E-state index contributed by atoms with van der Waals surface area (Å²) in [6.45, 7) is 8.27. The van der Waals surface area contributed by atoms with Gasteiger partial charge in [0.1, 0.15) is 5.84 Å². The summed E-state index contributed by atoms with van der Waals surface area (Å²) in [6.07, 6.45) is 0. The molecule has 0 aliphatic heterocycles. The molecular formula is C12H19N3. The standard InChI is InChI=1S/C12H19N3/c1-8-5-6-9(11(13)14)10(7-8)15-12(2,3)4/h5-7,15H,1-4H3,(H3,13,14). The zero-order chi connectivity index (χ0) is 11.6. The minimum Gasteiger partial charge on any atom is -0.384 e. The van der Waals surface area contributed by atoms with E-state index in [1.54, 1.807) is 0 Å². The zero-order valence-corrected chi connectivity index (χ0v) is 9.81. The first kappa shape index (κ1) is 11.6. The van der Waals surface area contributed by atoms with Crippen molar-refractivity contribution in [1.29, 1.82) is 5.41 Å². The van der Waals surface area contributed by atoms with Gasteiger partial charge in [0.2, 0.25) is 0 Å². The van der Waals surface area contributed by atoms with E-state index in [-0.39, 0.29) is 11.4 Å². The van der Waals surface area contributed by atoms with Gasteiger partial charge in [0, 0.05) is 16.8 Å². The molecule has 1 aromatic carbocycles. The summed E-state index contributed by atoms with van der Waals surface area (Å²) in [5, 5.41) is 10.8. The Hall–Kier alpha value is -1.51. The molecule has 0 fully saturated rings. The van der Waals surface area contributed by atoms with Crippen molar-refractivity contribution in [2.75, 3.05) is 5.32 Å². The van der Waals surface area contributed by atoms with Crippen molar-refractivity contribution in [3.05, 3.63) is 29.3 Å². The van der Waals surface area contributed by atoms with Crippen molar-refractivity contribution in [2.45, 2.75) is 33.2 Å². The van der Waals surface area contributed by atoms with E-state index in [9.17, 15) is 0 Å². The molecule has 0 aliphatic carbocycles. The van der Waals surface area contributed by atoms with Gasteiger partial charge in [0.15, 0.2) is 0 Å². The van der Waals surface area contributed by atoms with Crippen LogP contribution < -0.4 is 11.1 Å². The van der Waals surface area contributed by atoms with E-state index in [4.69, 9.17) is 11.1 Å². The Bertz CT molecular complexity index is 375. The normalized spacial score (nSPS) is 11.2. The Labute approximate surface area is 91.2 Å². The second-order valence-corrected chi connectivity index (χ2v) is 4.84. The summed E-state index contributed by atoms with van der Waals surface area (Å²) >= 11 is 0. The number of anilines is 1. The Morgan fingerprint density at radius 3 is 2.40 bits per heavy atom. The molecule has 82 valence electrons. The fourth-order valence-electron chi connectivity index (χ4n) is 1.40. The van der Waals surface area contributed by atoms with Crippen LogP contribution in [0.2, 0.25) is 0 Å². The van der Waals surface area contributed by atoms with Gasteiger partial charge in [-0.15, -0.1) is 0 Å². The van der Waals surface area contributed by atoms with Crippen LogP contribution in [0.4, 0.5) is 5.69 Å². The third-order valence-electron chi connectivity index (χ3n) is 1.97. The van der Waals surface area contributed by atoms with E-state index in [0.717, 1.165) is 16.8 Å². The quantitative estimate of drug-likeness (QED) is 0.513. The number of rotatable bonds is 2. The molecular weight excluding hydrogens is 186 g/mol. The maximum absolute atomic E-state index is 7.49. The van der Waals surface area contributed by atoms with Crippen molar-refractivity contribution in [3.8, 4) is 0 Å². The van der Waals surface area contributed by atoms with Crippen molar-refractivity contribution < 1.29 is 0 Å². The fraction of sp³-hybridized carbons (Fsp3) is 0.417. The van der Waals surface area contributed by atoms with Crippen LogP contribution in [0.15, 0.2) is 18.2 Å². The number of amidine groups is 1. The molecule has 0 radical (unpaired) electrons. The summed E-state index contributed by atoms with van der Waals surface area (Å²) in [5.41, 5.74) is 8.34. The first-order chi connectivity index (χ1) is 6.79. The molecule has 15 heavy (non-hydrogen) atoms. The molecule has 0 saturated heterocycles. The van der Waals surface area contributed by atoms with E-state index < -0.39 is 0 Å². The number of nitrogens with one attached hydrogen (secondary N) is 2. The topological polar surface area (TPSA) is 61.9 Å². The van der Waals surface area contributed by atoms with Crippen LogP contribution in [0.1, 0.15) is 31.9 Å². The van der Waals surface area contributed by atoms with E-state index in [2.05, 4.69) is 26.1 Å². The van der Waals surface area contributed by atoms with Gasteiger partial charge in [-0.2, -0.15) is 0 Å². The predicted octanol–water partition coefficient (Wildman–Crippen LogP) is 2.49. The minimum atomic E-state index is -0.0298. The van der Waals surface area contributed by atoms with E-state index in [1.807, 2.05) is 25.1 Å². The van der Waals surface area contributed by atoms with Crippen molar-refractivity contribution in [3.63, 3.8) is 0 Å². The highest BCUT2D eigenvalue weighted by Crippen LogP contribution is 2.21. The fourth-order valence-corrected chi connectivity index (χ4v) is 1.40. The SMILES string of the molecule is Cc1ccc(C(=N)N)c(NC(C)(C)C)c1. The molecule has 0 aliphatic rings. The molecule has 3 nitrogen and oxygen atoms in total. The van der Waals surface area contributed by atoms with Crippen LogP contribution in [0.3, 0.4) is 0 Å². The molecule has 0 atom stereocenters. The van der Waals surface area contributed by atoms with Gasteiger partial charge in [-0.05, 0) is 45.4 Å². The molecule has 0 unspecified atom stereocenters. The molecule has 0 amide bonds. The summed E-state index contributed by atoms with van der Waals surface area (Å²) in [7, 11) is 0. The maximum atomic E-state index is 7.49. The third-order valence-corrected chi connectivity index (χ3v) is 1.97. The Kier molecular flexibility index (Phi) is 3.03. The Balaban J connectivity index is 3.13. The smallest absolute Gasteiger partial charge is 0.124 e. The highest BCUT2D eigenvalue weighted by Gasteiger charge is 2.13. The third kappa shape index (κ3) is 3.27. The highest BCUT2D eigenvalue weighted by molar-refractivity contribution is 6.00. The Morgan fingerprint density at radius 1 is 1.33 bits per heavy atom. The zero-order valence-electron chi connectivity index (χ0n) is 9.81. The molecule has 3 heteroatoms. The van der Waals surface area contributed by atoms with Gasteiger partial charge >= 0.3 is 0 Å². The highest BCUT2D eigenvalue weighted by atomic mass is 15.0. The van der Waals surface area contributed by atoms with Crippen LogP contribution >= 0.6 is 0 Å². The summed E-state index contributed by atoms with van der Waals surface area (Å²) < 4.78 is 0. The second-order valence-electron chi connectivity index (χ2n) is 4.84. The number of nitrogen functional groups attached to an aromatic ring is 1. The average Bonchev–Trinajstić information content (AvgIpc) is 1.99. The van der Waals surface area contributed by atoms with Crippen molar-refractivity contribution in [1.82, 2.24) is 0 Å². The Morgan fingerprint density at radius 2 is 1.93 bits per heavy atom. The lowest BCUT2D eigenvalue weighted by atomic mass is 10.0. The summed E-state index contributed by atoms with van der Waals surface area (Å²) in [4.78, 5) is 0. The molecule has 1 aromatic rings. The van der Waals surface area contributed by atoms with Crippen LogP contribution in [0.25, 0.3) is 0 Å².